The maximum Gasteiger partial charge on any atom is 0.267 e. The molecule has 2 rings (SSSR count). The third-order valence-electron chi connectivity index (χ3n) is 2.02. The van der Waals surface area contributed by atoms with Crippen molar-refractivity contribution in [2.45, 2.75) is 0 Å². The summed E-state index contributed by atoms with van der Waals surface area (Å²) < 4.78 is 0. The second-order valence-electron chi connectivity index (χ2n) is 2.90. The molecule has 4 heteroatoms. The molecule has 0 aliphatic rings. The van der Waals surface area contributed by atoms with Gasteiger partial charge in [-0.15, -0.1) is 0 Å². The van der Waals surface area contributed by atoms with E-state index in [0.29, 0.717) is 0 Å². The first-order chi connectivity index (χ1) is 6.72. The number of hydrogen-bond donors (Lipinski definition) is 2. The number of nitrogens with one attached hydrogen (secondary N) is 1. The normalized spacial score (nSPS) is 10.3. The Morgan fingerprint density at radius 3 is 3.07 bits per heavy atom. The molecule has 0 atom stereocenters. The maximum atomic E-state index is 10.9. The molecule has 0 radical (unpaired) electrons. The van der Waals surface area contributed by atoms with E-state index in [-0.39, 0.29) is 5.69 Å². The van der Waals surface area contributed by atoms with Crippen LogP contribution in [-0.2, 0) is 0 Å². The fourth-order valence-corrected chi connectivity index (χ4v) is 1.35. The SMILES string of the molecule is C=Cc1cc(C(N)=O)nc2cc[nH]c12. The van der Waals surface area contributed by atoms with Crippen molar-refractivity contribution in [2.24, 2.45) is 5.73 Å². The van der Waals surface area contributed by atoms with Crippen molar-refractivity contribution in [3.05, 3.63) is 36.2 Å². The molecule has 2 heterocycles. The summed E-state index contributed by atoms with van der Waals surface area (Å²) in [6, 6.07) is 3.41. The van der Waals surface area contributed by atoms with Crippen LogP contribution in [0.5, 0.6) is 0 Å². The van der Waals surface area contributed by atoms with Gasteiger partial charge in [-0.2, -0.15) is 0 Å². The lowest BCUT2D eigenvalue weighted by Gasteiger charge is -1.99. The standard InChI is InChI=1S/C10H9N3O/c1-2-6-5-8(10(11)14)13-7-3-4-12-9(6)7/h2-5,12H,1H2,(H2,11,14). The van der Waals surface area contributed by atoms with Gasteiger partial charge in [-0.05, 0) is 12.1 Å². The van der Waals surface area contributed by atoms with E-state index in [0.717, 1.165) is 16.6 Å². The summed E-state index contributed by atoms with van der Waals surface area (Å²) in [6.45, 7) is 3.66. The Balaban J connectivity index is 2.79. The molecule has 0 saturated heterocycles. The summed E-state index contributed by atoms with van der Waals surface area (Å²) in [4.78, 5) is 18.1. The summed E-state index contributed by atoms with van der Waals surface area (Å²) in [7, 11) is 0. The number of amides is 1. The molecular weight excluding hydrogens is 178 g/mol. The second kappa shape index (κ2) is 2.99. The molecule has 2 aromatic rings. The van der Waals surface area contributed by atoms with Crippen LogP contribution in [0.1, 0.15) is 16.1 Å². The van der Waals surface area contributed by atoms with Crippen molar-refractivity contribution in [2.75, 3.05) is 0 Å². The van der Waals surface area contributed by atoms with Crippen molar-refractivity contribution in [1.82, 2.24) is 9.97 Å². The minimum atomic E-state index is -0.531. The van der Waals surface area contributed by atoms with Crippen LogP contribution in [0.25, 0.3) is 17.1 Å². The van der Waals surface area contributed by atoms with E-state index < -0.39 is 5.91 Å². The zero-order valence-electron chi connectivity index (χ0n) is 7.45. The van der Waals surface area contributed by atoms with Crippen molar-refractivity contribution in [3.8, 4) is 0 Å². The van der Waals surface area contributed by atoms with Crippen LogP contribution in [0.3, 0.4) is 0 Å². The molecule has 0 aliphatic carbocycles. The highest BCUT2D eigenvalue weighted by molar-refractivity contribution is 5.95. The number of primary amides is 1. The van der Waals surface area contributed by atoms with Crippen molar-refractivity contribution in [1.29, 1.82) is 0 Å². The minimum absolute atomic E-state index is 0.256. The topological polar surface area (TPSA) is 71.8 Å². The number of aromatic amines is 1. The molecule has 2 aromatic heterocycles. The highest BCUT2D eigenvalue weighted by Crippen LogP contribution is 2.17. The Labute approximate surface area is 80.4 Å². The summed E-state index contributed by atoms with van der Waals surface area (Å²) >= 11 is 0. The van der Waals surface area contributed by atoms with Gasteiger partial charge in [0.05, 0.1) is 11.0 Å². The predicted molar refractivity (Wildman–Crippen MR) is 54.7 cm³/mol. The van der Waals surface area contributed by atoms with Gasteiger partial charge < -0.3 is 10.7 Å². The van der Waals surface area contributed by atoms with Gasteiger partial charge in [-0.3, -0.25) is 4.79 Å². The Bertz CT molecular complexity index is 513. The molecule has 3 N–H and O–H groups in total. The maximum absolute atomic E-state index is 10.9. The molecule has 0 fully saturated rings. The number of rotatable bonds is 2. The van der Waals surface area contributed by atoms with E-state index >= 15 is 0 Å². The zero-order valence-corrected chi connectivity index (χ0v) is 7.45. The smallest absolute Gasteiger partial charge is 0.267 e. The molecular formula is C10H9N3O. The number of carbonyl (C=O) groups excluding carboxylic acids is 1. The van der Waals surface area contributed by atoms with Crippen molar-refractivity contribution in [3.63, 3.8) is 0 Å². The highest BCUT2D eigenvalue weighted by Gasteiger charge is 2.07. The van der Waals surface area contributed by atoms with Gasteiger partial charge >= 0.3 is 0 Å². The van der Waals surface area contributed by atoms with E-state index in [1.165, 1.54) is 0 Å². The number of pyridine rings is 1. The predicted octanol–water partition coefficient (Wildman–Crippen LogP) is 1.30. The van der Waals surface area contributed by atoms with Crippen LogP contribution >= 0.6 is 0 Å². The van der Waals surface area contributed by atoms with Gasteiger partial charge in [-0.1, -0.05) is 12.7 Å². The minimum Gasteiger partial charge on any atom is -0.364 e. The fourth-order valence-electron chi connectivity index (χ4n) is 1.35. The molecule has 0 unspecified atom stereocenters. The molecule has 0 aromatic carbocycles. The average molecular weight is 187 g/mol. The second-order valence-corrected chi connectivity index (χ2v) is 2.90. The molecule has 1 amide bonds. The van der Waals surface area contributed by atoms with Crippen LogP contribution in [0.4, 0.5) is 0 Å². The van der Waals surface area contributed by atoms with Gasteiger partial charge in [0.2, 0.25) is 0 Å². The van der Waals surface area contributed by atoms with Crippen molar-refractivity contribution >= 4 is 23.0 Å². The number of hydrogen-bond acceptors (Lipinski definition) is 2. The summed E-state index contributed by atoms with van der Waals surface area (Å²) in [5.74, 6) is -0.531. The van der Waals surface area contributed by atoms with Gasteiger partial charge in [0.1, 0.15) is 5.69 Å². The Kier molecular flexibility index (Phi) is 1.81. The number of aromatic nitrogens is 2. The molecule has 0 saturated carbocycles. The van der Waals surface area contributed by atoms with Gasteiger partial charge in [0, 0.05) is 11.8 Å². The summed E-state index contributed by atoms with van der Waals surface area (Å²) in [6.07, 6.45) is 3.42. The number of nitrogens with zero attached hydrogens (tertiary/aromatic N) is 1. The molecule has 70 valence electrons. The van der Waals surface area contributed by atoms with E-state index in [1.54, 1.807) is 24.4 Å². The van der Waals surface area contributed by atoms with E-state index in [2.05, 4.69) is 16.5 Å². The van der Waals surface area contributed by atoms with Gasteiger partial charge in [-0.25, -0.2) is 4.98 Å². The van der Waals surface area contributed by atoms with Crippen LogP contribution in [0, 0.1) is 0 Å². The third kappa shape index (κ3) is 1.17. The van der Waals surface area contributed by atoms with E-state index in [1.807, 2.05) is 0 Å². The zero-order chi connectivity index (χ0) is 10.1. The Hall–Kier alpha value is -2.10. The lowest BCUT2D eigenvalue weighted by Crippen LogP contribution is -2.13. The third-order valence-corrected chi connectivity index (χ3v) is 2.02. The quantitative estimate of drug-likeness (QED) is 0.743. The molecule has 14 heavy (non-hydrogen) atoms. The van der Waals surface area contributed by atoms with Crippen LogP contribution in [0.2, 0.25) is 0 Å². The van der Waals surface area contributed by atoms with Crippen LogP contribution in [-0.4, -0.2) is 15.9 Å². The first-order valence-corrected chi connectivity index (χ1v) is 4.12. The molecule has 4 nitrogen and oxygen atoms in total. The number of fused-ring (bicyclic) bond motifs is 1. The van der Waals surface area contributed by atoms with Gasteiger partial charge in [0.15, 0.2) is 0 Å². The summed E-state index contributed by atoms with van der Waals surface area (Å²) in [5.41, 5.74) is 7.82. The first kappa shape index (κ1) is 8.50. The van der Waals surface area contributed by atoms with Gasteiger partial charge in [0.25, 0.3) is 5.91 Å². The highest BCUT2D eigenvalue weighted by atomic mass is 16.1. The van der Waals surface area contributed by atoms with Crippen molar-refractivity contribution < 1.29 is 4.79 Å². The fraction of sp³-hybridized carbons (Fsp3) is 0. The van der Waals surface area contributed by atoms with Crippen LogP contribution in [0.15, 0.2) is 24.9 Å². The number of nitrogens with two attached hydrogens (primary N) is 1. The lowest BCUT2D eigenvalue weighted by molar-refractivity contribution is 0.0996. The Morgan fingerprint density at radius 2 is 2.43 bits per heavy atom. The lowest BCUT2D eigenvalue weighted by atomic mass is 10.2. The van der Waals surface area contributed by atoms with E-state index in [4.69, 9.17) is 5.73 Å². The van der Waals surface area contributed by atoms with Crippen LogP contribution < -0.4 is 5.73 Å². The Morgan fingerprint density at radius 1 is 1.64 bits per heavy atom. The number of carbonyl (C=O) groups is 1. The largest absolute Gasteiger partial charge is 0.364 e. The molecule has 0 bridgehead atoms. The average Bonchev–Trinajstić information content (AvgIpc) is 2.63. The molecule has 0 aliphatic heterocycles. The summed E-state index contributed by atoms with van der Waals surface area (Å²) in [5, 5.41) is 0. The number of H-pyrrole nitrogens is 1. The molecule has 0 spiro atoms. The monoisotopic (exact) mass is 187 g/mol. The first-order valence-electron chi connectivity index (χ1n) is 4.12. The van der Waals surface area contributed by atoms with E-state index in [9.17, 15) is 4.79 Å².